The molecule has 4 aromatic rings. The van der Waals surface area contributed by atoms with E-state index in [1.165, 1.54) is 6.26 Å². The summed E-state index contributed by atoms with van der Waals surface area (Å²) in [7, 11) is 0. The summed E-state index contributed by atoms with van der Waals surface area (Å²) < 4.78 is 5.56. The Labute approximate surface area is 223 Å². The molecule has 7 rings (SSSR count). The van der Waals surface area contributed by atoms with Gasteiger partial charge in [-0.15, -0.1) is 0 Å². The van der Waals surface area contributed by atoms with Crippen LogP contribution >= 0.6 is 11.6 Å². The van der Waals surface area contributed by atoms with Crippen LogP contribution in [0.5, 0.6) is 0 Å². The van der Waals surface area contributed by atoms with Crippen molar-refractivity contribution in [3.63, 3.8) is 0 Å². The second-order valence-corrected chi connectivity index (χ2v) is 10.2. The normalized spacial score (nSPS) is 24.6. The number of nitrogens with zero attached hydrogens (tertiary/aromatic N) is 1. The summed E-state index contributed by atoms with van der Waals surface area (Å²) in [4.78, 5) is 45.0. The van der Waals surface area contributed by atoms with Crippen molar-refractivity contribution >= 4 is 46.5 Å². The SMILES string of the molecule is O=C(c1ccccc1Cl)[C@@H]1[C@H](C(=O)c2ccco2)[C@@]2(C(=O)Nc3ccccc32)[C@H]2C=Cc3ccccc3N12. The van der Waals surface area contributed by atoms with Gasteiger partial charge in [0.05, 0.1) is 23.2 Å². The maximum Gasteiger partial charge on any atom is 0.238 e. The average Bonchev–Trinajstić information content (AvgIpc) is 3.65. The van der Waals surface area contributed by atoms with Crippen LogP contribution in [-0.4, -0.2) is 29.6 Å². The first-order chi connectivity index (χ1) is 18.5. The molecule has 3 aliphatic rings. The van der Waals surface area contributed by atoms with Gasteiger partial charge in [0, 0.05) is 16.9 Å². The zero-order valence-electron chi connectivity index (χ0n) is 20.0. The zero-order chi connectivity index (χ0) is 26.0. The fourth-order valence-corrected chi connectivity index (χ4v) is 6.74. The maximum atomic E-state index is 14.5. The first-order valence-corrected chi connectivity index (χ1v) is 12.7. The van der Waals surface area contributed by atoms with Crippen LogP contribution < -0.4 is 10.2 Å². The number of hydrogen-bond acceptors (Lipinski definition) is 5. The lowest BCUT2D eigenvalue weighted by Crippen LogP contribution is -2.51. The van der Waals surface area contributed by atoms with Crippen molar-refractivity contribution in [3.8, 4) is 0 Å². The van der Waals surface area contributed by atoms with E-state index < -0.39 is 29.2 Å². The molecule has 3 aliphatic heterocycles. The molecule has 1 saturated heterocycles. The third kappa shape index (κ3) is 2.92. The summed E-state index contributed by atoms with van der Waals surface area (Å²) in [5, 5.41) is 3.30. The van der Waals surface area contributed by atoms with Gasteiger partial charge in [-0.2, -0.15) is 0 Å². The van der Waals surface area contributed by atoms with E-state index in [-0.39, 0.29) is 22.5 Å². The van der Waals surface area contributed by atoms with E-state index in [1.807, 2.05) is 65.6 Å². The molecule has 1 N–H and O–H groups in total. The number of carbonyl (C=O) groups is 3. The van der Waals surface area contributed by atoms with Gasteiger partial charge in [0.25, 0.3) is 0 Å². The lowest BCUT2D eigenvalue weighted by atomic mass is 9.64. The molecular formula is C31H21ClN2O4. The molecule has 6 nitrogen and oxygen atoms in total. The van der Waals surface area contributed by atoms with Gasteiger partial charge in [0.1, 0.15) is 11.5 Å². The van der Waals surface area contributed by atoms with E-state index in [9.17, 15) is 14.4 Å². The third-order valence-corrected chi connectivity index (χ3v) is 8.33. The number of anilines is 2. The molecule has 4 atom stereocenters. The van der Waals surface area contributed by atoms with Crippen LogP contribution in [0.2, 0.25) is 5.02 Å². The highest BCUT2D eigenvalue weighted by molar-refractivity contribution is 6.34. The Hall–Kier alpha value is -4.42. The number of nitrogens with one attached hydrogen (secondary N) is 1. The minimum absolute atomic E-state index is 0.0978. The molecule has 0 bridgehead atoms. The molecule has 0 saturated carbocycles. The van der Waals surface area contributed by atoms with Crippen molar-refractivity contribution in [2.24, 2.45) is 5.92 Å². The van der Waals surface area contributed by atoms with Gasteiger partial charge < -0.3 is 14.6 Å². The first kappa shape index (κ1) is 22.8. The number of furan rings is 1. The predicted molar refractivity (Wildman–Crippen MR) is 145 cm³/mol. The van der Waals surface area contributed by atoms with Crippen LogP contribution in [0.4, 0.5) is 11.4 Å². The molecule has 0 aliphatic carbocycles. The number of Topliss-reactive ketones (excluding diaryl/α,β-unsaturated/α-hetero) is 2. The van der Waals surface area contributed by atoms with Gasteiger partial charge >= 0.3 is 0 Å². The number of carbonyl (C=O) groups excluding carboxylic acids is 3. The summed E-state index contributed by atoms with van der Waals surface area (Å²) in [6.07, 6.45) is 5.32. The molecule has 186 valence electrons. The summed E-state index contributed by atoms with van der Waals surface area (Å²) in [6.45, 7) is 0. The molecule has 1 spiro atoms. The van der Waals surface area contributed by atoms with E-state index >= 15 is 0 Å². The van der Waals surface area contributed by atoms with Crippen molar-refractivity contribution in [1.29, 1.82) is 0 Å². The Morgan fingerprint density at radius 2 is 1.66 bits per heavy atom. The van der Waals surface area contributed by atoms with E-state index in [0.29, 0.717) is 16.8 Å². The number of halogens is 1. The fourth-order valence-electron chi connectivity index (χ4n) is 6.51. The zero-order valence-corrected chi connectivity index (χ0v) is 20.8. The monoisotopic (exact) mass is 520 g/mol. The Morgan fingerprint density at radius 1 is 0.895 bits per heavy atom. The van der Waals surface area contributed by atoms with Crippen molar-refractivity contribution in [1.82, 2.24) is 0 Å². The lowest BCUT2D eigenvalue weighted by Gasteiger charge is -2.37. The lowest BCUT2D eigenvalue weighted by molar-refractivity contribution is -0.121. The highest BCUT2D eigenvalue weighted by Gasteiger charge is 2.70. The number of rotatable bonds is 4. The molecule has 0 radical (unpaired) electrons. The molecule has 4 heterocycles. The summed E-state index contributed by atoms with van der Waals surface area (Å²) in [6, 6.07) is 23.4. The second kappa shape index (κ2) is 8.30. The highest BCUT2D eigenvalue weighted by atomic mass is 35.5. The van der Waals surface area contributed by atoms with E-state index in [2.05, 4.69) is 5.32 Å². The minimum atomic E-state index is -1.38. The molecule has 0 unspecified atom stereocenters. The molecule has 1 amide bonds. The molecule has 3 aromatic carbocycles. The quantitative estimate of drug-likeness (QED) is 0.345. The predicted octanol–water partition coefficient (Wildman–Crippen LogP) is 5.79. The Kier molecular flexibility index (Phi) is 4.97. The number of ketones is 2. The van der Waals surface area contributed by atoms with Crippen LogP contribution in [0, 0.1) is 5.92 Å². The van der Waals surface area contributed by atoms with E-state index in [4.69, 9.17) is 16.0 Å². The number of fused-ring (bicyclic) bond motifs is 6. The van der Waals surface area contributed by atoms with Crippen LogP contribution in [0.1, 0.15) is 32.0 Å². The van der Waals surface area contributed by atoms with Gasteiger partial charge in [-0.1, -0.05) is 72.3 Å². The molecule has 1 fully saturated rings. The number of para-hydroxylation sites is 2. The fraction of sp³-hybridized carbons (Fsp3) is 0.129. The maximum absolute atomic E-state index is 14.5. The van der Waals surface area contributed by atoms with Crippen LogP contribution in [0.25, 0.3) is 6.08 Å². The number of amides is 1. The van der Waals surface area contributed by atoms with Crippen LogP contribution in [-0.2, 0) is 10.2 Å². The first-order valence-electron chi connectivity index (χ1n) is 12.4. The molecule has 38 heavy (non-hydrogen) atoms. The second-order valence-electron chi connectivity index (χ2n) is 9.75. The number of hydrogen-bond donors (Lipinski definition) is 1. The van der Waals surface area contributed by atoms with E-state index in [1.54, 1.807) is 36.4 Å². The van der Waals surface area contributed by atoms with Gasteiger partial charge in [0.2, 0.25) is 11.7 Å². The van der Waals surface area contributed by atoms with Gasteiger partial charge in [-0.3, -0.25) is 14.4 Å². The molecule has 7 heteroatoms. The summed E-state index contributed by atoms with van der Waals surface area (Å²) in [5.41, 5.74) is 1.90. The molecular weight excluding hydrogens is 500 g/mol. The van der Waals surface area contributed by atoms with Gasteiger partial charge in [0.15, 0.2) is 11.5 Å². The van der Waals surface area contributed by atoms with Crippen molar-refractivity contribution in [3.05, 3.63) is 125 Å². The largest absolute Gasteiger partial charge is 0.461 e. The summed E-state index contributed by atoms with van der Waals surface area (Å²) >= 11 is 6.52. The topological polar surface area (TPSA) is 79.6 Å². The smallest absolute Gasteiger partial charge is 0.238 e. The van der Waals surface area contributed by atoms with E-state index in [0.717, 1.165) is 11.3 Å². The molecule has 1 aromatic heterocycles. The van der Waals surface area contributed by atoms with Crippen LogP contribution in [0.15, 0.2) is 102 Å². The standard InChI is InChI=1S/C31H21ClN2O4/c32-21-11-4-2-9-19(21)28(35)27-26(29(36)24-14-7-17-38-24)31(20-10-3-5-12-22(20)33-30(31)37)25-16-15-18-8-1-6-13-23(18)34(25)27/h1-17,25-27H,(H,33,37)/t25-,26-,27+,31+/m1/s1. The van der Waals surface area contributed by atoms with Crippen molar-refractivity contribution in [2.45, 2.75) is 17.5 Å². The third-order valence-electron chi connectivity index (χ3n) is 8.00. The minimum Gasteiger partial charge on any atom is -0.461 e. The highest BCUT2D eigenvalue weighted by Crippen LogP contribution is 2.58. The van der Waals surface area contributed by atoms with Gasteiger partial charge in [-0.05, 0) is 47.5 Å². The van der Waals surface area contributed by atoms with Crippen LogP contribution in [0.3, 0.4) is 0 Å². The van der Waals surface area contributed by atoms with Crippen molar-refractivity contribution in [2.75, 3.05) is 10.2 Å². The summed E-state index contributed by atoms with van der Waals surface area (Å²) in [5.74, 6) is -2.06. The Balaban J connectivity index is 1.56. The van der Waals surface area contributed by atoms with Crippen molar-refractivity contribution < 1.29 is 18.8 Å². The Morgan fingerprint density at radius 3 is 2.47 bits per heavy atom. The average molecular weight is 521 g/mol. The van der Waals surface area contributed by atoms with Gasteiger partial charge in [-0.25, -0.2) is 0 Å². The Bertz CT molecular complexity index is 1660. The number of benzene rings is 3.